The molecule has 0 bridgehead atoms. The van der Waals surface area contributed by atoms with Crippen molar-refractivity contribution >= 4 is 28.6 Å². The molecule has 2 atom stereocenters. The van der Waals surface area contributed by atoms with Gasteiger partial charge in [0.15, 0.2) is 0 Å². The first-order valence-corrected chi connectivity index (χ1v) is 10.5. The van der Waals surface area contributed by atoms with E-state index in [1.807, 2.05) is 47.5 Å². The topological polar surface area (TPSA) is 43.3 Å². The second kappa shape index (κ2) is 7.28. The van der Waals surface area contributed by atoms with Gasteiger partial charge in [-0.3, -0.25) is 0 Å². The highest BCUT2D eigenvalue weighted by molar-refractivity contribution is 7.12. The third-order valence-corrected chi connectivity index (χ3v) is 6.41. The van der Waals surface area contributed by atoms with Crippen molar-refractivity contribution in [3.63, 3.8) is 0 Å². The first-order valence-electron chi connectivity index (χ1n) is 9.25. The van der Waals surface area contributed by atoms with Crippen LogP contribution in [0, 0.1) is 0 Å². The van der Waals surface area contributed by atoms with Crippen LogP contribution in [0.4, 0.5) is 0 Å². The van der Waals surface area contributed by atoms with Gasteiger partial charge < -0.3 is 14.2 Å². The summed E-state index contributed by atoms with van der Waals surface area (Å²) in [5.41, 5.74) is 2.97. The van der Waals surface area contributed by atoms with E-state index in [0.717, 1.165) is 40.5 Å². The summed E-state index contributed by atoms with van der Waals surface area (Å²) in [7, 11) is 3.31. The molecule has 0 amide bonds. The third kappa shape index (κ3) is 3.12. The van der Waals surface area contributed by atoms with Crippen molar-refractivity contribution in [2.75, 3.05) is 14.2 Å². The van der Waals surface area contributed by atoms with Crippen LogP contribution in [-0.2, 0) is 0 Å². The highest BCUT2D eigenvalue weighted by atomic mass is 35.5. The summed E-state index contributed by atoms with van der Waals surface area (Å²) in [5.74, 6) is 2.28. The fraction of sp³-hybridized carbons (Fsp3) is 0.227. The molecule has 0 N–H and O–H groups in total. The average molecular weight is 427 g/mol. The van der Waals surface area contributed by atoms with Gasteiger partial charge >= 0.3 is 0 Å². The predicted molar refractivity (Wildman–Crippen MR) is 114 cm³/mol. The lowest BCUT2D eigenvalue weighted by Gasteiger charge is -2.38. The van der Waals surface area contributed by atoms with E-state index >= 15 is 0 Å². The number of benzene rings is 2. The SMILES string of the molecule is COc1ccc(OC)c([C@H]2Oc3ccc(Cl)cc3[C@H]3CC(c4cccs4)=NN32)c1. The van der Waals surface area contributed by atoms with E-state index in [2.05, 4.69) is 11.4 Å². The molecule has 0 fully saturated rings. The van der Waals surface area contributed by atoms with Crippen molar-refractivity contribution in [2.24, 2.45) is 5.10 Å². The zero-order valence-electron chi connectivity index (χ0n) is 16.0. The molecule has 3 heterocycles. The molecule has 2 aromatic carbocycles. The molecular weight excluding hydrogens is 408 g/mol. The molecule has 0 saturated carbocycles. The van der Waals surface area contributed by atoms with Gasteiger partial charge in [-0.25, -0.2) is 5.01 Å². The van der Waals surface area contributed by atoms with Gasteiger partial charge in [0, 0.05) is 17.0 Å². The van der Waals surface area contributed by atoms with Gasteiger partial charge in [-0.1, -0.05) is 17.7 Å². The number of hydrogen-bond donors (Lipinski definition) is 0. The van der Waals surface area contributed by atoms with E-state index in [1.54, 1.807) is 25.6 Å². The van der Waals surface area contributed by atoms with Crippen molar-refractivity contribution in [3.8, 4) is 17.2 Å². The summed E-state index contributed by atoms with van der Waals surface area (Å²) >= 11 is 7.99. The molecule has 3 aromatic rings. The van der Waals surface area contributed by atoms with Crippen LogP contribution in [0.25, 0.3) is 0 Å². The molecule has 7 heteroatoms. The molecule has 5 rings (SSSR count). The summed E-state index contributed by atoms with van der Waals surface area (Å²) in [6.45, 7) is 0. The molecule has 2 aliphatic rings. The molecule has 0 radical (unpaired) electrons. The Morgan fingerprint density at radius 3 is 2.76 bits per heavy atom. The van der Waals surface area contributed by atoms with E-state index in [-0.39, 0.29) is 6.04 Å². The van der Waals surface area contributed by atoms with E-state index < -0.39 is 6.23 Å². The van der Waals surface area contributed by atoms with Crippen molar-refractivity contribution in [3.05, 3.63) is 74.9 Å². The first-order chi connectivity index (χ1) is 14.2. The number of nitrogens with zero attached hydrogens (tertiary/aromatic N) is 2. The van der Waals surface area contributed by atoms with Crippen LogP contribution >= 0.6 is 22.9 Å². The van der Waals surface area contributed by atoms with Crippen LogP contribution in [0.3, 0.4) is 0 Å². The lowest BCUT2D eigenvalue weighted by atomic mass is 9.97. The summed E-state index contributed by atoms with van der Waals surface area (Å²) in [6, 6.07) is 15.6. The van der Waals surface area contributed by atoms with E-state index in [1.165, 1.54) is 4.88 Å². The van der Waals surface area contributed by atoms with E-state index in [4.69, 9.17) is 30.9 Å². The maximum absolute atomic E-state index is 6.42. The van der Waals surface area contributed by atoms with Crippen LogP contribution in [0.1, 0.15) is 34.7 Å². The van der Waals surface area contributed by atoms with Gasteiger partial charge in [0.25, 0.3) is 0 Å². The Bertz CT molecular complexity index is 1080. The van der Waals surface area contributed by atoms with Crippen molar-refractivity contribution in [1.29, 1.82) is 0 Å². The van der Waals surface area contributed by atoms with Crippen molar-refractivity contribution in [1.82, 2.24) is 5.01 Å². The second-order valence-corrected chi connectivity index (χ2v) is 8.27. The fourth-order valence-electron chi connectivity index (χ4n) is 3.89. The normalized spacial score (nSPS) is 19.8. The molecular formula is C22H19ClN2O3S. The Balaban J connectivity index is 1.65. The zero-order valence-corrected chi connectivity index (χ0v) is 17.5. The number of halogens is 1. The van der Waals surface area contributed by atoms with E-state index in [0.29, 0.717) is 5.02 Å². The highest BCUT2D eigenvalue weighted by Crippen LogP contribution is 2.50. The molecule has 2 aliphatic heterocycles. The standard InChI is InChI=1S/C22H19ClN2O3S/c1-26-14-6-8-19(27-2)16(11-14)22-25-18(12-17(24-25)21-4-3-9-29-21)15-10-13(23)5-7-20(15)28-22/h3-11,18,22H,12H2,1-2H3/t18-,22-/m1/s1. The maximum atomic E-state index is 6.42. The number of hydrazone groups is 1. The van der Waals surface area contributed by atoms with Gasteiger partial charge in [0.1, 0.15) is 17.2 Å². The molecule has 0 saturated heterocycles. The van der Waals surface area contributed by atoms with Crippen LogP contribution in [0.2, 0.25) is 5.02 Å². The average Bonchev–Trinajstić information content (AvgIpc) is 3.42. The molecule has 29 heavy (non-hydrogen) atoms. The zero-order chi connectivity index (χ0) is 20.0. The first kappa shape index (κ1) is 18.3. The second-order valence-electron chi connectivity index (χ2n) is 6.88. The van der Waals surface area contributed by atoms with Gasteiger partial charge in [0.2, 0.25) is 6.23 Å². The van der Waals surface area contributed by atoms with Gasteiger partial charge in [0.05, 0.1) is 36.4 Å². The van der Waals surface area contributed by atoms with Crippen LogP contribution in [0.5, 0.6) is 17.2 Å². The predicted octanol–water partition coefficient (Wildman–Crippen LogP) is 5.66. The lowest BCUT2D eigenvalue weighted by molar-refractivity contribution is -0.0204. The van der Waals surface area contributed by atoms with Crippen molar-refractivity contribution < 1.29 is 14.2 Å². The lowest BCUT2D eigenvalue weighted by Crippen LogP contribution is -2.34. The van der Waals surface area contributed by atoms with Crippen LogP contribution < -0.4 is 14.2 Å². The smallest absolute Gasteiger partial charge is 0.217 e. The molecule has 0 unspecified atom stereocenters. The summed E-state index contributed by atoms with van der Waals surface area (Å²) in [5, 5.41) is 9.74. The van der Waals surface area contributed by atoms with Gasteiger partial charge in [-0.15, -0.1) is 11.3 Å². The number of fused-ring (bicyclic) bond motifs is 3. The minimum Gasteiger partial charge on any atom is -0.497 e. The quantitative estimate of drug-likeness (QED) is 0.539. The maximum Gasteiger partial charge on any atom is 0.217 e. The largest absolute Gasteiger partial charge is 0.497 e. The van der Waals surface area contributed by atoms with Crippen molar-refractivity contribution in [2.45, 2.75) is 18.7 Å². The number of ether oxygens (including phenoxy) is 3. The third-order valence-electron chi connectivity index (χ3n) is 5.26. The van der Waals surface area contributed by atoms with Crippen LogP contribution in [-0.4, -0.2) is 24.9 Å². The Labute approximate surface area is 178 Å². The summed E-state index contributed by atoms with van der Waals surface area (Å²) < 4.78 is 17.5. The van der Waals surface area contributed by atoms with Gasteiger partial charge in [-0.2, -0.15) is 5.10 Å². The van der Waals surface area contributed by atoms with Gasteiger partial charge in [-0.05, 0) is 47.8 Å². The highest BCUT2D eigenvalue weighted by Gasteiger charge is 2.42. The monoisotopic (exact) mass is 426 g/mol. The Hall–Kier alpha value is -2.70. The number of rotatable bonds is 4. The Morgan fingerprint density at radius 1 is 1.10 bits per heavy atom. The van der Waals surface area contributed by atoms with Crippen LogP contribution in [0.15, 0.2) is 59.0 Å². The molecule has 0 spiro atoms. The summed E-state index contributed by atoms with van der Waals surface area (Å²) in [6.07, 6.45) is 0.358. The number of hydrogen-bond acceptors (Lipinski definition) is 6. The van der Waals surface area contributed by atoms with E-state index in [9.17, 15) is 0 Å². The minimum atomic E-state index is -0.434. The summed E-state index contributed by atoms with van der Waals surface area (Å²) in [4.78, 5) is 1.17. The number of methoxy groups -OCH3 is 2. The Morgan fingerprint density at radius 2 is 2.00 bits per heavy atom. The molecule has 0 aliphatic carbocycles. The Kier molecular flexibility index (Phi) is 4.60. The molecule has 5 nitrogen and oxygen atoms in total. The fourth-order valence-corrected chi connectivity index (χ4v) is 4.79. The molecule has 148 valence electrons. The molecule has 1 aromatic heterocycles. The number of thiophene rings is 1. The minimum absolute atomic E-state index is 0.0375.